The fourth-order valence-corrected chi connectivity index (χ4v) is 2.61. The molecule has 3 heteroatoms. The summed E-state index contributed by atoms with van der Waals surface area (Å²) in [5.41, 5.74) is 6.99. The van der Waals surface area contributed by atoms with Crippen LogP contribution in [0.1, 0.15) is 43.7 Å². The topological polar surface area (TPSA) is 43.4 Å². The fraction of sp³-hybridized carbons (Fsp3) is 0.273. The number of Topliss-reactive ketones (excluding diaryl/α,β-unsaturated/α-hetero) is 1. The molecule has 2 aromatic rings. The fourth-order valence-electron chi connectivity index (χ4n) is 2.61. The second kappa shape index (κ2) is 7.93. The van der Waals surface area contributed by atoms with E-state index in [1.165, 1.54) is 11.6 Å². The highest BCUT2D eigenvalue weighted by atomic mass is 16.5. The van der Waals surface area contributed by atoms with Crippen molar-refractivity contribution in [2.24, 2.45) is 0 Å². The molecule has 3 nitrogen and oxygen atoms in total. The zero-order valence-corrected chi connectivity index (χ0v) is 15.5. The lowest BCUT2D eigenvalue weighted by atomic mass is 9.93. The van der Waals surface area contributed by atoms with Crippen LogP contribution in [0.4, 0.5) is 0 Å². The van der Waals surface area contributed by atoms with Gasteiger partial charge >= 0.3 is 5.97 Å². The van der Waals surface area contributed by atoms with Gasteiger partial charge in [0.05, 0.1) is 0 Å². The van der Waals surface area contributed by atoms with Gasteiger partial charge in [0.25, 0.3) is 0 Å². The summed E-state index contributed by atoms with van der Waals surface area (Å²) in [6.45, 7) is 9.71. The summed E-state index contributed by atoms with van der Waals surface area (Å²) in [5, 5.41) is 0. The number of aryl methyl sites for hydroxylation is 2. The van der Waals surface area contributed by atoms with E-state index in [2.05, 4.69) is 0 Å². The lowest BCUT2D eigenvalue weighted by molar-refractivity contribution is -0.136. The number of ketones is 1. The van der Waals surface area contributed by atoms with Crippen LogP contribution in [0.15, 0.2) is 36.4 Å². The van der Waals surface area contributed by atoms with Crippen LogP contribution in [-0.4, -0.2) is 18.4 Å². The van der Waals surface area contributed by atoms with Crippen LogP contribution in [0, 0.1) is 34.6 Å². The molecule has 0 atom stereocenters. The molecule has 0 aromatic heterocycles. The third-order valence-corrected chi connectivity index (χ3v) is 4.62. The van der Waals surface area contributed by atoms with Crippen molar-refractivity contribution < 1.29 is 14.3 Å². The summed E-state index contributed by atoms with van der Waals surface area (Å²) >= 11 is 0. The molecule has 130 valence electrons. The molecule has 0 amide bonds. The number of carbonyl (C=O) groups is 2. The SMILES string of the molecule is Cc1ccc(/C=C/C(=O)OCC(=O)c2cc(C)c(C)c(C)c2C)cc1. The molecule has 0 aliphatic rings. The van der Waals surface area contributed by atoms with Crippen LogP contribution in [-0.2, 0) is 9.53 Å². The first-order chi connectivity index (χ1) is 11.8. The van der Waals surface area contributed by atoms with E-state index < -0.39 is 5.97 Å². The lowest BCUT2D eigenvalue weighted by Gasteiger charge is -2.13. The molecule has 0 saturated heterocycles. The lowest BCUT2D eigenvalue weighted by Crippen LogP contribution is -2.15. The molecular weight excluding hydrogens is 312 g/mol. The molecule has 0 unspecified atom stereocenters. The highest BCUT2D eigenvalue weighted by Gasteiger charge is 2.15. The summed E-state index contributed by atoms with van der Waals surface area (Å²) in [7, 11) is 0. The van der Waals surface area contributed by atoms with Crippen LogP contribution in [0.2, 0.25) is 0 Å². The summed E-state index contributed by atoms with van der Waals surface area (Å²) in [6, 6.07) is 9.66. The summed E-state index contributed by atoms with van der Waals surface area (Å²) in [4.78, 5) is 24.2. The molecule has 0 saturated carbocycles. The zero-order valence-electron chi connectivity index (χ0n) is 15.5. The minimum absolute atomic E-state index is 0.180. The highest BCUT2D eigenvalue weighted by molar-refractivity contribution is 6.00. The average Bonchev–Trinajstić information content (AvgIpc) is 2.60. The van der Waals surface area contributed by atoms with Crippen LogP contribution in [0.25, 0.3) is 6.08 Å². The van der Waals surface area contributed by atoms with Gasteiger partial charge in [0.15, 0.2) is 6.61 Å². The molecule has 0 fully saturated rings. The van der Waals surface area contributed by atoms with Gasteiger partial charge in [-0.3, -0.25) is 4.79 Å². The van der Waals surface area contributed by atoms with Gasteiger partial charge in [-0.1, -0.05) is 29.8 Å². The van der Waals surface area contributed by atoms with Gasteiger partial charge in [0, 0.05) is 11.6 Å². The predicted molar refractivity (Wildman–Crippen MR) is 101 cm³/mol. The normalized spacial score (nSPS) is 10.9. The van der Waals surface area contributed by atoms with Crippen LogP contribution in [0.3, 0.4) is 0 Å². The smallest absolute Gasteiger partial charge is 0.331 e. The van der Waals surface area contributed by atoms with Crippen LogP contribution < -0.4 is 0 Å². The van der Waals surface area contributed by atoms with Gasteiger partial charge in [-0.25, -0.2) is 4.79 Å². The summed E-state index contributed by atoms with van der Waals surface area (Å²) < 4.78 is 5.09. The Kier molecular flexibility index (Phi) is 5.92. The quantitative estimate of drug-likeness (QED) is 0.453. The third-order valence-electron chi connectivity index (χ3n) is 4.62. The molecule has 0 aliphatic heterocycles. The van der Waals surface area contributed by atoms with E-state index in [9.17, 15) is 9.59 Å². The van der Waals surface area contributed by atoms with Crippen molar-refractivity contribution in [2.45, 2.75) is 34.6 Å². The molecule has 2 rings (SSSR count). The van der Waals surface area contributed by atoms with Crippen molar-refractivity contribution >= 4 is 17.8 Å². The largest absolute Gasteiger partial charge is 0.454 e. The number of hydrogen-bond donors (Lipinski definition) is 0. The Balaban J connectivity index is 2.00. The van der Waals surface area contributed by atoms with Crippen molar-refractivity contribution in [2.75, 3.05) is 6.61 Å². The monoisotopic (exact) mass is 336 g/mol. The Morgan fingerprint density at radius 1 is 0.920 bits per heavy atom. The molecule has 25 heavy (non-hydrogen) atoms. The molecule has 0 N–H and O–H groups in total. The molecular formula is C22H24O3. The number of benzene rings is 2. The van der Waals surface area contributed by atoms with Crippen molar-refractivity contribution in [3.05, 3.63) is 75.4 Å². The van der Waals surface area contributed by atoms with Gasteiger partial charge in [-0.05, 0) is 74.6 Å². The van der Waals surface area contributed by atoms with E-state index in [-0.39, 0.29) is 12.4 Å². The highest BCUT2D eigenvalue weighted by Crippen LogP contribution is 2.21. The third kappa shape index (κ3) is 4.66. The molecule has 0 heterocycles. The van der Waals surface area contributed by atoms with Crippen molar-refractivity contribution in [3.8, 4) is 0 Å². The zero-order chi connectivity index (χ0) is 18.6. The standard InChI is InChI=1S/C22H24O3/c1-14-6-8-19(9-7-14)10-11-22(24)25-13-21(23)20-12-15(2)16(3)17(4)18(20)5/h6-12H,13H2,1-5H3/b11-10+. The maximum absolute atomic E-state index is 12.4. The first-order valence-corrected chi connectivity index (χ1v) is 8.31. The second-order valence-electron chi connectivity index (χ2n) is 6.39. The summed E-state index contributed by atoms with van der Waals surface area (Å²) in [6.07, 6.45) is 3.02. The van der Waals surface area contributed by atoms with E-state index in [1.807, 2.05) is 65.0 Å². The van der Waals surface area contributed by atoms with Crippen molar-refractivity contribution in [1.82, 2.24) is 0 Å². The number of carbonyl (C=O) groups excluding carboxylic acids is 2. The first-order valence-electron chi connectivity index (χ1n) is 8.31. The van der Waals surface area contributed by atoms with Crippen molar-refractivity contribution in [3.63, 3.8) is 0 Å². The van der Waals surface area contributed by atoms with Gasteiger partial charge in [-0.15, -0.1) is 0 Å². The van der Waals surface area contributed by atoms with E-state index >= 15 is 0 Å². The molecule has 0 bridgehead atoms. The molecule has 0 spiro atoms. The maximum atomic E-state index is 12.4. The number of ether oxygens (including phenoxy) is 1. The average molecular weight is 336 g/mol. The Labute approximate surface area is 149 Å². The summed E-state index contributed by atoms with van der Waals surface area (Å²) in [5.74, 6) is -0.701. The van der Waals surface area contributed by atoms with Gasteiger partial charge in [-0.2, -0.15) is 0 Å². The number of hydrogen-bond acceptors (Lipinski definition) is 3. The Morgan fingerprint density at radius 3 is 2.20 bits per heavy atom. The minimum Gasteiger partial charge on any atom is -0.454 e. The van der Waals surface area contributed by atoms with Crippen LogP contribution in [0.5, 0.6) is 0 Å². The second-order valence-corrected chi connectivity index (χ2v) is 6.39. The molecule has 2 aromatic carbocycles. The maximum Gasteiger partial charge on any atom is 0.331 e. The van der Waals surface area contributed by atoms with Gasteiger partial charge < -0.3 is 4.74 Å². The first kappa shape index (κ1) is 18.7. The van der Waals surface area contributed by atoms with Gasteiger partial charge in [0.2, 0.25) is 5.78 Å². The van der Waals surface area contributed by atoms with E-state index in [0.29, 0.717) is 5.56 Å². The predicted octanol–water partition coefficient (Wildman–Crippen LogP) is 4.67. The van der Waals surface area contributed by atoms with Crippen LogP contribution >= 0.6 is 0 Å². The number of esters is 1. The Hall–Kier alpha value is -2.68. The Bertz CT molecular complexity index is 827. The minimum atomic E-state index is -0.521. The number of rotatable bonds is 5. The van der Waals surface area contributed by atoms with E-state index in [0.717, 1.165) is 27.8 Å². The Morgan fingerprint density at radius 2 is 1.56 bits per heavy atom. The van der Waals surface area contributed by atoms with E-state index in [4.69, 9.17) is 4.74 Å². The molecule has 0 radical (unpaired) electrons. The van der Waals surface area contributed by atoms with Gasteiger partial charge in [0.1, 0.15) is 0 Å². The van der Waals surface area contributed by atoms with Crippen molar-refractivity contribution in [1.29, 1.82) is 0 Å². The van der Waals surface area contributed by atoms with E-state index in [1.54, 1.807) is 6.08 Å². The molecule has 0 aliphatic carbocycles.